The highest BCUT2D eigenvalue weighted by atomic mass is 19.2. The number of nitrogens with one attached hydrogen (secondary N) is 2. The summed E-state index contributed by atoms with van der Waals surface area (Å²) in [5, 5.41) is 4.95. The van der Waals surface area contributed by atoms with Crippen molar-refractivity contribution in [2.75, 3.05) is 41.7 Å². The van der Waals surface area contributed by atoms with Gasteiger partial charge in [-0.25, -0.2) is 27.3 Å². The lowest BCUT2D eigenvalue weighted by atomic mass is 10.1. The topological polar surface area (TPSA) is 77.6 Å². The van der Waals surface area contributed by atoms with Crippen molar-refractivity contribution in [2.45, 2.75) is 6.42 Å². The van der Waals surface area contributed by atoms with E-state index in [1.165, 1.54) is 17.2 Å². The number of pyridine rings is 1. The van der Waals surface area contributed by atoms with Gasteiger partial charge >= 0.3 is 6.03 Å². The van der Waals surface area contributed by atoms with Crippen LogP contribution in [0.2, 0.25) is 0 Å². The number of benzene rings is 2. The molecule has 1 aliphatic rings. The van der Waals surface area contributed by atoms with Gasteiger partial charge in [0.2, 0.25) is 0 Å². The third-order valence-corrected chi connectivity index (χ3v) is 5.45. The molecular formula is C24H21F4N5O2. The number of halogens is 4. The molecule has 0 bridgehead atoms. The maximum absolute atomic E-state index is 14.0. The first-order valence-electron chi connectivity index (χ1n) is 10.8. The largest absolute Gasteiger partial charge is 0.355 e. The zero-order valence-electron chi connectivity index (χ0n) is 18.4. The monoisotopic (exact) mass is 487 g/mol. The van der Waals surface area contributed by atoms with Crippen LogP contribution in [-0.4, -0.2) is 48.0 Å². The van der Waals surface area contributed by atoms with Gasteiger partial charge in [0, 0.05) is 44.0 Å². The molecule has 1 aliphatic heterocycles. The Labute approximate surface area is 198 Å². The highest BCUT2D eigenvalue weighted by molar-refractivity contribution is 5.99. The van der Waals surface area contributed by atoms with Gasteiger partial charge in [-0.3, -0.25) is 4.79 Å². The van der Waals surface area contributed by atoms with Crippen LogP contribution in [0.3, 0.4) is 0 Å². The number of hydrogen-bond donors (Lipinski definition) is 2. The molecule has 3 aromatic rings. The van der Waals surface area contributed by atoms with Crippen LogP contribution >= 0.6 is 0 Å². The van der Waals surface area contributed by atoms with E-state index in [2.05, 4.69) is 15.6 Å². The molecule has 0 aliphatic carbocycles. The molecule has 1 fully saturated rings. The number of nitrogens with zero attached hydrogens (tertiary/aromatic N) is 3. The van der Waals surface area contributed by atoms with E-state index in [9.17, 15) is 27.2 Å². The number of rotatable bonds is 4. The molecule has 1 saturated heterocycles. The van der Waals surface area contributed by atoms with Crippen LogP contribution < -0.4 is 15.5 Å². The van der Waals surface area contributed by atoms with Gasteiger partial charge in [-0.1, -0.05) is 0 Å². The highest BCUT2D eigenvalue weighted by Gasteiger charge is 2.23. The molecule has 2 N–H and O–H groups in total. The second-order valence-electron chi connectivity index (χ2n) is 7.87. The standard InChI is InChI=1S/C24H21F4N5O2/c25-15-2-5-18(20(27)12-15)23(34)33-9-1-8-32(10-11-33)22-7-4-17(14-29-22)31-24(35)30-16-3-6-19(26)21(28)13-16/h2-7,12-14H,1,8-11H2,(H2,30,31,35). The van der Waals surface area contributed by atoms with E-state index in [1.54, 1.807) is 12.1 Å². The third kappa shape index (κ3) is 5.86. The molecule has 0 spiro atoms. The summed E-state index contributed by atoms with van der Waals surface area (Å²) in [6.45, 7) is 1.79. The second-order valence-corrected chi connectivity index (χ2v) is 7.87. The Morgan fingerprint density at radius 1 is 0.771 bits per heavy atom. The van der Waals surface area contributed by atoms with Gasteiger partial charge < -0.3 is 20.4 Å². The lowest BCUT2D eigenvalue weighted by Gasteiger charge is -2.23. The Bertz CT molecular complexity index is 1240. The molecule has 3 amide bonds. The van der Waals surface area contributed by atoms with Gasteiger partial charge in [0.25, 0.3) is 5.91 Å². The first-order chi connectivity index (χ1) is 16.8. The molecule has 4 rings (SSSR count). The van der Waals surface area contributed by atoms with Crippen molar-refractivity contribution < 1.29 is 27.2 Å². The normalized spacial score (nSPS) is 13.8. The van der Waals surface area contributed by atoms with Crippen molar-refractivity contribution in [2.24, 2.45) is 0 Å². The SMILES string of the molecule is O=C(Nc1ccc(N2CCCN(C(=O)c3ccc(F)cc3F)CC2)nc1)Nc1ccc(F)c(F)c1. The number of amides is 3. The molecule has 0 unspecified atom stereocenters. The molecular weight excluding hydrogens is 466 g/mol. The van der Waals surface area contributed by atoms with Crippen LogP contribution in [0.15, 0.2) is 54.7 Å². The van der Waals surface area contributed by atoms with E-state index < -0.39 is 35.2 Å². The molecule has 0 atom stereocenters. The Balaban J connectivity index is 1.34. The van der Waals surface area contributed by atoms with Crippen LogP contribution in [0.1, 0.15) is 16.8 Å². The second kappa shape index (κ2) is 10.4. The summed E-state index contributed by atoms with van der Waals surface area (Å²) in [5.74, 6) is -3.60. The minimum absolute atomic E-state index is 0.0927. The van der Waals surface area contributed by atoms with Crippen molar-refractivity contribution in [1.29, 1.82) is 0 Å². The highest BCUT2D eigenvalue weighted by Crippen LogP contribution is 2.19. The first-order valence-corrected chi connectivity index (χ1v) is 10.8. The fourth-order valence-electron chi connectivity index (χ4n) is 3.70. The minimum Gasteiger partial charge on any atom is -0.355 e. The summed E-state index contributed by atoms with van der Waals surface area (Å²) in [7, 11) is 0. The smallest absolute Gasteiger partial charge is 0.323 e. The molecule has 35 heavy (non-hydrogen) atoms. The molecule has 0 saturated carbocycles. The lowest BCUT2D eigenvalue weighted by Crippen LogP contribution is -2.35. The molecule has 0 radical (unpaired) electrons. The average Bonchev–Trinajstić information content (AvgIpc) is 3.08. The summed E-state index contributed by atoms with van der Waals surface area (Å²) in [4.78, 5) is 32.6. The van der Waals surface area contributed by atoms with E-state index in [0.29, 0.717) is 50.2 Å². The van der Waals surface area contributed by atoms with E-state index in [4.69, 9.17) is 0 Å². The van der Waals surface area contributed by atoms with Gasteiger partial charge in [-0.05, 0) is 42.8 Å². The van der Waals surface area contributed by atoms with Crippen molar-refractivity contribution in [3.05, 3.63) is 83.6 Å². The summed E-state index contributed by atoms with van der Waals surface area (Å²) < 4.78 is 53.4. The number of carbonyl (C=O) groups is 2. The van der Waals surface area contributed by atoms with Gasteiger partial charge in [0.15, 0.2) is 11.6 Å². The van der Waals surface area contributed by atoms with Crippen LogP contribution in [0.25, 0.3) is 0 Å². The van der Waals surface area contributed by atoms with Crippen LogP contribution in [-0.2, 0) is 0 Å². The van der Waals surface area contributed by atoms with Crippen LogP contribution in [0.5, 0.6) is 0 Å². The number of carbonyl (C=O) groups excluding carboxylic acids is 2. The maximum Gasteiger partial charge on any atom is 0.323 e. The average molecular weight is 487 g/mol. The third-order valence-electron chi connectivity index (χ3n) is 5.45. The number of urea groups is 1. The van der Waals surface area contributed by atoms with Gasteiger partial charge in [-0.15, -0.1) is 0 Å². The van der Waals surface area contributed by atoms with E-state index in [-0.39, 0.29) is 11.3 Å². The first kappa shape index (κ1) is 24.0. The Hall–Kier alpha value is -4.15. The molecule has 1 aromatic heterocycles. The van der Waals surface area contributed by atoms with E-state index >= 15 is 0 Å². The molecule has 2 heterocycles. The maximum atomic E-state index is 14.0. The van der Waals surface area contributed by atoms with E-state index in [0.717, 1.165) is 24.3 Å². The molecule has 182 valence electrons. The summed E-state index contributed by atoms with van der Waals surface area (Å²) in [5.41, 5.74) is 0.303. The summed E-state index contributed by atoms with van der Waals surface area (Å²) in [6, 6.07) is 8.58. The Kier molecular flexibility index (Phi) is 7.14. The fourth-order valence-corrected chi connectivity index (χ4v) is 3.70. The van der Waals surface area contributed by atoms with Gasteiger partial charge in [0.05, 0.1) is 17.4 Å². The van der Waals surface area contributed by atoms with Crippen molar-refractivity contribution >= 4 is 29.1 Å². The van der Waals surface area contributed by atoms with Gasteiger partial charge in [-0.2, -0.15) is 0 Å². The van der Waals surface area contributed by atoms with Crippen molar-refractivity contribution in [1.82, 2.24) is 9.88 Å². The molecule has 7 nitrogen and oxygen atoms in total. The van der Waals surface area contributed by atoms with Crippen molar-refractivity contribution in [3.8, 4) is 0 Å². The summed E-state index contributed by atoms with van der Waals surface area (Å²) in [6.07, 6.45) is 2.06. The molecule has 11 heteroatoms. The predicted octanol–water partition coefficient (Wildman–Crippen LogP) is 4.63. The van der Waals surface area contributed by atoms with Crippen LogP contribution in [0.4, 0.5) is 39.5 Å². The number of anilines is 3. The van der Waals surface area contributed by atoms with E-state index in [1.807, 2.05) is 4.90 Å². The quantitative estimate of drug-likeness (QED) is 0.526. The zero-order chi connectivity index (χ0) is 24.9. The number of aromatic nitrogens is 1. The minimum atomic E-state index is -1.07. The summed E-state index contributed by atoms with van der Waals surface area (Å²) >= 11 is 0. The predicted molar refractivity (Wildman–Crippen MR) is 122 cm³/mol. The van der Waals surface area contributed by atoms with Gasteiger partial charge in [0.1, 0.15) is 17.5 Å². The molecule has 2 aromatic carbocycles. The lowest BCUT2D eigenvalue weighted by molar-refractivity contribution is 0.0762. The fraction of sp³-hybridized carbons (Fsp3) is 0.208. The Morgan fingerprint density at radius 3 is 2.26 bits per heavy atom. The Morgan fingerprint density at radius 2 is 1.54 bits per heavy atom. The van der Waals surface area contributed by atoms with Crippen LogP contribution in [0, 0.1) is 23.3 Å². The number of hydrogen-bond acceptors (Lipinski definition) is 4. The van der Waals surface area contributed by atoms with Crippen molar-refractivity contribution in [3.63, 3.8) is 0 Å². The zero-order valence-corrected chi connectivity index (χ0v) is 18.4.